The standard InChI is InChI=1S/C11H12IN5/c1-7-13-4-8(12)11(16-7)17-3-2-9-10(5-17)15-6-14-9/h4,6H,2-3,5H2,1H3,(H,14,15). The Morgan fingerprint density at radius 1 is 1.41 bits per heavy atom. The third kappa shape index (κ3) is 2.01. The van der Waals surface area contributed by atoms with E-state index in [0.29, 0.717) is 0 Å². The fourth-order valence-corrected chi connectivity index (χ4v) is 2.66. The molecule has 3 rings (SSSR count). The number of aromatic amines is 1. The molecular weight excluding hydrogens is 329 g/mol. The highest BCUT2D eigenvalue weighted by molar-refractivity contribution is 14.1. The van der Waals surface area contributed by atoms with Crippen LogP contribution in [0.5, 0.6) is 0 Å². The van der Waals surface area contributed by atoms with Crippen molar-refractivity contribution in [3.63, 3.8) is 0 Å². The highest BCUT2D eigenvalue weighted by atomic mass is 127. The first kappa shape index (κ1) is 10.9. The molecule has 0 radical (unpaired) electrons. The van der Waals surface area contributed by atoms with Crippen LogP contribution >= 0.6 is 22.6 Å². The Morgan fingerprint density at radius 2 is 2.29 bits per heavy atom. The molecule has 2 aromatic heterocycles. The van der Waals surface area contributed by atoms with Crippen molar-refractivity contribution < 1.29 is 0 Å². The average Bonchev–Trinajstić information content (AvgIpc) is 2.79. The van der Waals surface area contributed by atoms with Crippen LogP contribution in [0.2, 0.25) is 0 Å². The average molecular weight is 341 g/mol. The second-order valence-corrected chi connectivity index (χ2v) is 5.25. The number of nitrogens with one attached hydrogen (secondary N) is 1. The summed E-state index contributed by atoms with van der Waals surface area (Å²) in [5, 5.41) is 0. The molecule has 0 aromatic carbocycles. The third-order valence-electron chi connectivity index (χ3n) is 2.92. The Kier molecular flexibility index (Phi) is 2.73. The van der Waals surface area contributed by atoms with E-state index in [4.69, 9.17) is 0 Å². The van der Waals surface area contributed by atoms with Gasteiger partial charge in [-0.15, -0.1) is 0 Å². The van der Waals surface area contributed by atoms with E-state index in [1.165, 1.54) is 11.4 Å². The Morgan fingerprint density at radius 3 is 3.18 bits per heavy atom. The predicted octanol–water partition coefficient (Wildman–Crippen LogP) is 1.68. The van der Waals surface area contributed by atoms with Crippen LogP contribution in [-0.2, 0) is 13.0 Å². The van der Waals surface area contributed by atoms with Crippen molar-refractivity contribution in [2.24, 2.45) is 0 Å². The topological polar surface area (TPSA) is 57.7 Å². The Labute approximate surface area is 113 Å². The van der Waals surface area contributed by atoms with E-state index in [1.807, 2.05) is 13.1 Å². The van der Waals surface area contributed by atoms with Crippen LogP contribution in [0.25, 0.3) is 0 Å². The van der Waals surface area contributed by atoms with Crippen LogP contribution in [0.15, 0.2) is 12.5 Å². The van der Waals surface area contributed by atoms with Gasteiger partial charge in [0.1, 0.15) is 11.6 Å². The van der Waals surface area contributed by atoms with Gasteiger partial charge in [0.05, 0.1) is 27.8 Å². The van der Waals surface area contributed by atoms with Gasteiger partial charge in [0.15, 0.2) is 0 Å². The van der Waals surface area contributed by atoms with Gasteiger partial charge in [-0.25, -0.2) is 15.0 Å². The van der Waals surface area contributed by atoms with Crippen molar-refractivity contribution in [2.75, 3.05) is 11.4 Å². The number of imidazole rings is 1. The summed E-state index contributed by atoms with van der Waals surface area (Å²) in [5.74, 6) is 1.84. The number of aromatic nitrogens is 4. The van der Waals surface area contributed by atoms with E-state index in [2.05, 4.69) is 47.4 Å². The van der Waals surface area contributed by atoms with Crippen LogP contribution in [0, 0.1) is 10.5 Å². The minimum atomic E-state index is 0.816. The summed E-state index contributed by atoms with van der Waals surface area (Å²) in [6.45, 7) is 3.73. The van der Waals surface area contributed by atoms with Gasteiger partial charge >= 0.3 is 0 Å². The maximum Gasteiger partial charge on any atom is 0.146 e. The molecule has 0 atom stereocenters. The molecule has 2 aromatic rings. The highest BCUT2D eigenvalue weighted by Crippen LogP contribution is 2.24. The molecule has 1 aliphatic heterocycles. The number of hydrogen-bond donors (Lipinski definition) is 1. The number of nitrogens with zero attached hydrogens (tertiary/aromatic N) is 4. The molecule has 88 valence electrons. The molecule has 0 spiro atoms. The second kappa shape index (κ2) is 4.25. The van der Waals surface area contributed by atoms with Crippen molar-refractivity contribution in [3.05, 3.63) is 33.3 Å². The first-order valence-electron chi connectivity index (χ1n) is 5.49. The first-order chi connectivity index (χ1) is 8.24. The Hall–Kier alpha value is -1.18. The quantitative estimate of drug-likeness (QED) is 0.802. The maximum absolute atomic E-state index is 4.53. The van der Waals surface area contributed by atoms with E-state index >= 15 is 0 Å². The maximum atomic E-state index is 4.53. The molecule has 0 fully saturated rings. The van der Waals surface area contributed by atoms with Crippen LogP contribution in [0.4, 0.5) is 5.82 Å². The number of rotatable bonds is 1. The van der Waals surface area contributed by atoms with E-state index in [1.54, 1.807) is 6.33 Å². The van der Waals surface area contributed by atoms with Crippen molar-refractivity contribution in [1.82, 2.24) is 19.9 Å². The highest BCUT2D eigenvalue weighted by Gasteiger charge is 2.21. The van der Waals surface area contributed by atoms with Gasteiger partial charge in [-0.3, -0.25) is 0 Å². The molecule has 6 heteroatoms. The molecular formula is C11H12IN5. The van der Waals surface area contributed by atoms with Crippen LogP contribution in [0.3, 0.4) is 0 Å². The first-order valence-corrected chi connectivity index (χ1v) is 6.57. The number of anilines is 1. The molecule has 0 saturated carbocycles. The fraction of sp³-hybridized carbons (Fsp3) is 0.364. The van der Waals surface area contributed by atoms with Crippen molar-refractivity contribution >= 4 is 28.4 Å². The lowest BCUT2D eigenvalue weighted by Gasteiger charge is -2.28. The molecule has 0 amide bonds. The largest absolute Gasteiger partial charge is 0.349 e. The molecule has 0 bridgehead atoms. The number of aryl methyl sites for hydroxylation is 1. The molecule has 1 aliphatic rings. The summed E-state index contributed by atoms with van der Waals surface area (Å²) >= 11 is 2.29. The van der Waals surface area contributed by atoms with Gasteiger partial charge in [-0.1, -0.05) is 0 Å². The normalized spacial score (nSPS) is 14.8. The van der Waals surface area contributed by atoms with Gasteiger partial charge < -0.3 is 9.88 Å². The van der Waals surface area contributed by atoms with E-state index < -0.39 is 0 Å². The third-order valence-corrected chi connectivity index (χ3v) is 3.68. The molecule has 17 heavy (non-hydrogen) atoms. The van der Waals surface area contributed by atoms with Gasteiger partial charge in [-0.2, -0.15) is 0 Å². The monoisotopic (exact) mass is 341 g/mol. The zero-order chi connectivity index (χ0) is 11.8. The van der Waals surface area contributed by atoms with E-state index in [-0.39, 0.29) is 0 Å². The smallest absolute Gasteiger partial charge is 0.146 e. The molecule has 3 heterocycles. The lowest BCUT2D eigenvalue weighted by molar-refractivity contribution is 0.696. The van der Waals surface area contributed by atoms with Crippen LogP contribution in [0.1, 0.15) is 17.2 Å². The van der Waals surface area contributed by atoms with Gasteiger partial charge in [0.25, 0.3) is 0 Å². The summed E-state index contributed by atoms with van der Waals surface area (Å²) in [5.41, 5.74) is 2.38. The predicted molar refractivity (Wildman–Crippen MR) is 72.8 cm³/mol. The number of fused-ring (bicyclic) bond motifs is 1. The van der Waals surface area contributed by atoms with Crippen LogP contribution < -0.4 is 4.90 Å². The SMILES string of the molecule is Cc1ncc(I)c(N2CCc3nc[nH]c3C2)n1. The second-order valence-electron chi connectivity index (χ2n) is 4.09. The van der Waals surface area contributed by atoms with Gasteiger partial charge in [0.2, 0.25) is 0 Å². The molecule has 1 N–H and O–H groups in total. The van der Waals surface area contributed by atoms with Crippen LogP contribution in [-0.4, -0.2) is 26.5 Å². The summed E-state index contributed by atoms with van der Waals surface area (Å²) in [4.78, 5) is 18.5. The number of halogens is 1. The van der Waals surface area contributed by atoms with Crippen molar-refractivity contribution in [3.8, 4) is 0 Å². The summed E-state index contributed by atoms with van der Waals surface area (Å²) in [6, 6.07) is 0. The summed E-state index contributed by atoms with van der Waals surface area (Å²) in [7, 11) is 0. The van der Waals surface area contributed by atoms with E-state index in [9.17, 15) is 0 Å². The summed E-state index contributed by atoms with van der Waals surface area (Å²) < 4.78 is 1.09. The Bertz CT molecular complexity index is 551. The number of hydrogen-bond acceptors (Lipinski definition) is 4. The summed E-state index contributed by atoms with van der Waals surface area (Å²) in [6.07, 6.45) is 4.61. The number of H-pyrrole nitrogens is 1. The van der Waals surface area contributed by atoms with Gasteiger partial charge in [-0.05, 0) is 29.5 Å². The molecule has 0 unspecified atom stereocenters. The fourth-order valence-electron chi connectivity index (χ4n) is 2.06. The minimum Gasteiger partial charge on any atom is -0.349 e. The Balaban J connectivity index is 1.94. The van der Waals surface area contributed by atoms with Crippen molar-refractivity contribution in [2.45, 2.75) is 19.9 Å². The molecule has 0 saturated heterocycles. The zero-order valence-corrected chi connectivity index (χ0v) is 11.6. The van der Waals surface area contributed by atoms with E-state index in [0.717, 1.165) is 34.7 Å². The van der Waals surface area contributed by atoms with Crippen molar-refractivity contribution in [1.29, 1.82) is 0 Å². The minimum absolute atomic E-state index is 0.816. The van der Waals surface area contributed by atoms with Gasteiger partial charge in [0, 0.05) is 19.2 Å². The lowest BCUT2D eigenvalue weighted by Crippen LogP contribution is -2.32. The molecule has 0 aliphatic carbocycles. The molecule has 5 nitrogen and oxygen atoms in total. The zero-order valence-electron chi connectivity index (χ0n) is 9.44. The lowest BCUT2D eigenvalue weighted by atomic mass is 10.1.